The van der Waals surface area contributed by atoms with E-state index >= 15 is 0 Å². The maximum atomic E-state index is 4.51. The van der Waals surface area contributed by atoms with Crippen LogP contribution in [-0.4, -0.2) is 46.7 Å². The minimum Gasteiger partial charge on any atom is -0.356 e. The molecule has 0 aliphatic carbocycles. The van der Waals surface area contributed by atoms with Gasteiger partial charge in [-0.25, -0.2) is 9.97 Å². The Morgan fingerprint density at radius 1 is 1.03 bits per heavy atom. The summed E-state index contributed by atoms with van der Waals surface area (Å²) in [4.78, 5) is 15.7. The Balaban J connectivity index is 1.27. The first-order valence-corrected chi connectivity index (χ1v) is 10.5. The molecule has 0 unspecified atom stereocenters. The molecular weight excluding hydrogens is 374 g/mol. The van der Waals surface area contributed by atoms with Gasteiger partial charge in [0.05, 0.1) is 6.54 Å². The van der Waals surface area contributed by atoms with Crippen LogP contribution in [0.5, 0.6) is 0 Å². The molecule has 0 bridgehead atoms. The van der Waals surface area contributed by atoms with E-state index in [4.69, 9.17) is 0 Å². The molecule has 2 N–H and O–H groups in total. The average molecular weight is 404 g/mol. The highest BCUT2D eigenvalue weighted by molar-refractivity contribution is 5.79. The number of hydrogen-bond acceptors (Lipinski definition) is 4. The maximum Gasteiger partial charge on any atom is 0.191 e. The molecule has 1 aliphatic rings. The van der Waals surface area contributed by atoms with Crippen molar-refractivity contribution in [2.75, 3.05) is 25.0 Å². The molecule has 0 radical (unpaired) electrons. The highest BCUT2D eigenvalue weighted by Crippen LogP contribution is 2.17. The summed E-state index contributed by atoms with van der Waals surface area (Å²) in [6.07, 6.45) is 7.84. The van der Waals surface area contributed by atoms with Crippen molar-refractivity contribution in [2.45, 2.75) is 32.0 Å². The molecule has 3 heterocycles. The second-order valence-electron chi connectivity index (χ2n) is 7.48. The summed E-state index contributed by atoms with van der Waals surface area (Å²) in [5, 5.41) is 6.98. The molecule has 3 aromatic rings. The van der Waals surface area contributed by atoms with Gasteiger partial charge in [-0.3, -0.25) is 4.99 Å². The Morgan fingerprint density at radius 2 is 1.83 bits per heavy atom. The summed E-state index contributed by atoms with van der Waals surface area (Å²) >= 11 is 0. The molecule has 156 valence electrons. The van der Waals surface area contributed by atoms with Crippen molar-refractivity contribution in [3.63, 3.8) is 0 Å². The zero-order valence-electron chi connectivity index (χ0n) is 17.4. The highest BCUT2D eigenvalue weighted by Gasteiger charge is 2.20. The molecule has 1 fully saturated rings. The first kappa shape index (κ1) is 19.9. The Kier molecular flexibility index (Phi) is 6.59. The third-order valence-corrected chi connectivity index (χ3v) is 5.44. The molecule has 0 amide bonds. The van der Waals surface area contributed by atoms with Crippen molar-refractivity contribution in [1.82, 2.24) is 25.2 Å². The second-order valence-corrected chi connectivity index (χ2v) is 7.48. The number of pyridine rings is 1. The molecule has 7 heteroatoms. The van der Waals surface area contributed by atoms with Gasteiger partial charge in [-0.05, 0) is 30.5 Å². The standard InChI is InChI=1S/C23H29N7/c1-24-23(28-20-10-14-29(15-11-20)21-9-5-6-12-25-21)27-17-22-26-13-16-30(22)18-19-7-3-2-4-8-19/h2-9,12-13,16,20H,10-11,14-15,17-18H2,1H3,(H2,24,27,28). The first-order chi connectivity index (χ1) is 14.8. The number of aromatic nitrogens is 3. The van der Waals surface area contributed by atoms with Gasteiger partial charge < -0.3 is 20.1 Å². The quantitative estimate of drug-likeness (QED) is 0.489. The Bertz CT molecular complexity index is 928. The van der Waals surface area contributed by atoms with Gasteiger partial charge in [0.1, 0.15) is 11.6 Å². The van der Waals surface area contributed by atoms with Crippen LogP contribution in [0.15, 0.2) is 72.1 Å². The molecule has 30 heavy (non-hydrogen) atoms. The van der Waals surface area contributed by atoms with Crippen molar-refractivity contribution in [1.29, 1.82) is 0 Å². The van der Waals surface area contributed by atoms with Crippen LogP contribution >= 0.6 is 0 Å². The van der Waals surface area contributed by atoms with Gasteiger partial charge in [0.2, 0.25) is 0 Å². The minimum atomic E-state index is 0.403. The van der Waals surface area contributed by atoms with Gasteiger partial charge in [-0.1, -0.05) is 36.4 Å². The largest absolute Gasteiger partial charge is 0.356 e. The fourth-order valence-electron chi connectivity index (χ4n) is 3.78. The van der Waals surface area contributed by atoms with Crippen LogP contribution in [0.2, 0.25) is 0 Å². The van der Waals surface area contributed by atoms with Crippen LogP contribution in [0.3, 0.4) is 0 Å². The molecule has 0 atom stereocenters. The van der Waals surface area contributed by atoms with Crippen molar-refractivity contribution < 1.29 is 0 Å². The summed E-state index contributed by atoms with van der Waals surface area (Å²) in [5.41, 5.74) is 1.26. The third kappa shape index (κ3) is 5.17. The van der Waals surface area contributed by atoms with Crippen LogP contribution in [0, 0.1) is 0 Å². The summed E-state index contributed by atoms with van der Waals surface area (Å²) < 4.78 is 2.17. The SMILES string of the molecule is CN=C(NCc1nccn1Cc1ccccc1)NC1CCN(c2ccccn2)CC1. The zero-order valence-corrected chi connectivity index (χ0v) is 17.4. The summed E-state index contributed by atoms with van der Waals surface area (Å²) in [7, 11) is 1.81. The number of hydrogen-bond donors (Lipinski definition) is 2. The highest BCUT2D eigenvalue weighted by atomic mass is 15.2. The lowest BCUT2D eigenvalue weighted by molar-refractivity contribution is 0.459. The topological polar surface area (TPSA) is 70.4 Å². The number of guanidine groups is 1. The van der Waals surface area contributed by atoms with Gasteiger partial charge in [0, 0.05) is 51.3 Å². The number of imidazole rings is 1. The number of aliphatic imine (C=N–C) groups is 1. The smallest absolute Gasteiger partial charge is 0.191 e. The average Bonchev–Trinajstić information content (AvgIpc) is 3.25. The van der Waals surface area contributed by atoms with Crippen LogP contribution in [0.1, 0.15) is 24.2 Å². The first-order valence-electron chi connectivity index (χ1n) is 10.5. The molecule has 0 saturated carbocycles. The van der Waals surface area contributed by atoms with Gasteiger partial charge in [-0.2, -0.15) is 0 Å². The fourth-order valence-corrected chi connectivity index (χ4v) is 3.78. The normalized spacial score (nSPS) is 15.2. The van der Waals surface area contributed by atoms with Gasteiger partial charge >= 0.3 is 0 Å². The van der Waals surface area contributed by atoms with Crippen LogP contribution in [0.25, 0.3) is 0 Å². The molecule has 4 rings (SSSR count). The van der Waals surface area contributed by atoms with Crippen molar-refractivity contribution >= 4 is 11.8 Å². The molecule has 1 aliphatic heterocycles. The summed E-state index contributed by atoms with van der Waals surface area (Å²) in [5.74, 6) is 2.87. The van der Waals surface area contributed by atoms with Crippen LogP contribution in [0.4, 0.5) is 5.82 Å². The number of nitrogens with one attached hydrogen (secondary N) is 2. The maximum absolute atomic E-state index is 4.51. The molecule has 7 nitrogen and oxygen atoms in total. The van der Waals surface area contributed by atoms with Crippen molar-refractivity contribution in [3.8, 4) is 0 Å². The second kappa shape index (κ2) is 9.91. The Labute approximate surface area is 177 Å². The van der Waals surface area contributed by atoms with E-state index in [-0.39, 0.29) is 0 Å². The summed E-state index contributed by atoms with van der Waals surface area (Å²) in [6, 6.07) is 16.9. The van der Waals surface area contributed by atoms with Gasteiger partial charge in [-0.15, -0.1) is 0 Å². The number of benzene rings is 1. The van der Waals surface area contributed by atoms with Crippen molar-refractivity contribution in [2.24, 2.45) is 4.99 Å². The van der Waals surface area contributed by atoms with E-state index in [1.165, 1.54) is 5.56 Å². The van der Waals surface area contributed by atoms with E-state index in [9.17, 15) is 0 Å². The lowest BCUT2D eigenvalue weighted by Gasteiger charge is -2.33. The number of rotatable bonds is 6. The number of nitrogens with zero attached hydrogens (tertiary/aromatic N) is 5. The van der Waals surface area contributed by atoms with Crippen LogP contribution < -0.4 is 15.5 Å². The predicted octanol–water partition coefficient (Wildman–Crippen LogP) is 2.66. The van der Waals surface area contributed by atoms with Crippen molar-refractivity contribution in [3.05, 3.63) is 78.5 Å². The lowest BCUT2D eigenvalue weighted by atomic mass is 10.1. The monoisotopic (exact) mass is 403 g/mol. The van der Waals surface area contributed by atoms with Gasteiger partial charge in [0.15, 0.2) is 5.96 Å². The molecule has 1 saturated heterocycles. The van der Waals surface area contributed by atoms with Gasteiger partial charge in [0.25, 0.3) is 0 Å². The van der Waals surface area contributed by atoms with Crippen LogP contribution in [-0.2, 0) is 13.1 Å². The molecular formula is C23H29N7. The number of piperidine rings is 1. The molecule has 0 spiro atoms. The van der Waals surface area contributed by atoms with E-state index in [1.54, 1.807) is 0 Å². The Hall–Kier alpha value is -3.35. The van der Waals surface area contributed by atoms with E-state index in [0.717, 1.165) is 50.1 Å². The molecule has 2 aromatic heterocycles. The minimum absolute atomic E-state index is 0.403. The third-order valence-electron chi connectivity index (χ3n) is 5.44. The zero-order chi connectivity index (χ0) is 20.6. The molecule has 1 aromatic carbocycles. The lowest BCUT2D eigenvalue weighted by Crippen LogP contribution is -2.48. The summed E-state index contributed by atoms with van der Waals surface area (Å²) in [6.45, 7) is 3.43. The van der Waals surface area contributed by atoms with E-state index in [1.807, 2.05) is 43.8 Å². The predicted molar refractivity (Wildman–Crippen MR) is 121 cm³/mol. The Morgan fingerprint density at radius 3 is 2.57 bits per heavy atom. The van der Waals surface area contributed by atoms with E-state index in [0.29, 0.717) is 12.6 Å². The fraction of sp³-hybridized carbons (Fsp3) is 0.348. The van der Waals surface area contributed by atoms with E-state index in [2.05, 4.69) is 65.4 Å². The number of anilines is 1. The van der Waals surface area contributed by atoms with E-state index < -0.39 is 0 Å².